The van der Waals surface area contributed by atoms with E-state index >= 15 is 0 Å². The number of allylic oxidation sites excluding steroid dienone is 1. The second-order valence-corrected chi connectivity index (χ2v) is 7.68. The zero-order chi connectivity index (χ0) is 22.1. The molecule has 0 radical (unpaired) electrons. The van der Waals surface area contributed by atoms with Crippen LogP contribution in [0.1, 0.15) is 27.9 Å². The van der Waals surface area contributed by atoms with Crippen LogP contribution in [0.4, 0.5) is 5.69 Å². The number of para-hydroxylation sites is 1. The largest absolute Gasteiger partial charge is 0.455 e. The molecule has 0 saturated heterocycles. The number of anilines is 1. The van der Waals surface area contributed by atoms with E-state index in [2.05, 4.69) is 11.9 Å². The standard InChI is InChI=1S/C26H24N2O3/c1-5-24(29)27-19-12-13-23(31-26-16(2)8-6-9-17(26)3)22(14-19)28-15-18(4)25(30)20-10-7-11-21(20)28/h5-9,11-15H,1,10H2,2-4H3,(H,27,29). The van der Waals surface area contributed by atoms with Crippen molar-refractivity contribution in [3.8, 4) is 17.2 Å². The normalized spacial score (nSPS) is 11.8. The molecule has 1 heterocycles. The molecule has 0 aliphatic heterocycles. The van der Waals surface area contributed by atoms with E-state index in [1.54, 1.807) is 6.07 Å². The van der Waals surface area contributed by atoms with Crippen molar-refractivity contribution in [2.45, 2.75) is 27.2 Å². The minimum absolute atomic E-state index is 0.0598. The summed E-state index contributed by atoms with van der Waals surface area (Å²) in [6.45, 7) is 9.33. The van der Waals surface area contributed by atoms with E-state index in [-0.39, 0.29) is 11.3 Å². The number of hydrogen-bond acceptors (Lipinski definition) is 3. The molecule has 5 heteroatoms. The molecule has 5 nitrogen and oxygen atoms in total. The van der Waals surface area contributed by atoms with Gasteiger partial charge >= 0.3 is 0 Å². The molecule has 4 rings (SSSR count). The Morgan fingerprint density at radius 3 is 2.58 bits per heavy atom. The van der Waals surface area contributed by atoms with Crippen molar-refractivity contribution >= 4 is 17.7 Å². The number of nitrogens with zero attached hydrogens (tertiary/aromatic N) is 1. The lowest BCUT2D eigenvalue weighted by Crippen LogP contribution is -2.17. The molecule has 3 aromatic rings. The van der Waals surface area contributed by atoms with E-state index < -0.39 is 0 Å². The van der Waals surface area contributed by atoms with Crippen LogP contribution in [-0.2, 0) is 11.2 Å². The first kappa shape index (κ1) is 20.4. The summed E-state index contributed by atoms with van der Waals surface area (Å²) >= 11 is 0. The van der Waals surface area contributed by atoms with Crippen LogP contribution in [0.2, 0.25) is 0 Å². The number of aromatic nitrogens is 1. The molecule has 156 valence electrons. The number of carbonyl (C=O) groups excluding carboxylic acids is 1. The van der Waals surface area contributed by atoms with Gasteiger partial charge in [0.1, 0.15) is 5.75 Å². The van der Waals surface area contributed by atoms with Crippen molar-refractivity contribution in [2.24, 2.45) is 0 Å². The lowest BCUT2D eigenvalue weighted by atomic mass is 10.1. The molecule has 1 aliphatic rings. The number of aryl methyl sites for hydroxylation is 3. The minimum Gasteiger partial charge on any atom is -0.455 e. The Hall–Kier alpha value is -3.86. The van der Waals surface area contributed by atoms with Gasteiger partial charge in [0.25, 0.3) is 0 Å². The molecule has 0 saturated carbocycles. The van der Waals surface area contributed by atoms with E-state index in [0.29, 0.717) is 23.4 Å². The monoisotopic (exact) mass is 412 g/mol. The first-order chi connectivity index (χ1) is 14.9. The van der Waals surface area contributed by atoms with E-state index in [0.717, 1.165) is 33.8 Å². The quantitative estimate of drug-likeness (QED) is 0.583. The number of benzene rings is 2. The Morgan fingerprint density at radius 2 is 1.87 bits per heavy atom. The van der Waals surface area contributed by atoms with Crippen molar-refractivity contribution in [2.75, 3.05) is 5.32 Å². The van der Waals surface area contributed by atoms with Crippen LogP contribution < -0.4 is 15.5 Å². The molecule has 0 atom stereocenters. The molecule has 1 N–H and O–H groups in total. The summed E-state index contributed by atoms with van der Waals surface area (Å²) in [7, 11) is 0. The van der Waals surface area contributed by atoms with Gasteiger partial charge in [0.05, 0.1) is 11.4 Å². The number of hydrogen-bond donors (Lipinski definition) is 1. The van der Waals surface area contributed by atoms with Crippen LogP contribution in [0.25, 0.3) is 11.8 Å². The molecule has 1 amide bonds. The van der Waals surface area contributed by atoms with Crippen molar-refractivity contribution in [1.82, 2.24) is 4.57 Å². The molecular formula is C26H24N2O3. The van der Waals surface area contributed by atoms with Crippen LogP contribution in [-0.4, -0.2) is 10.5 Å². The third-order valence-corrected chi connectivity index (χ3v) is 5.41. The Bertz CT molecular complexity index is 1280. The molecule has 1 aromatic heterocycles. The van der Waals surface area contributed by atoms with Crippen molar-refractivity contribution < 1.29 is 9.53 Å². The van der Waals surface area contributed by atoms with Gasteiger partial charge in [-0.2, -0.15) is 0 Å². The fourth-order valence-electron chi connectivity index (χ4n) is 3.82. The highest BCUT2D eigenvalue weighted by Gasteiger charge is 2.19. The summed E-state index contributed by atoms with van der Waals surface area (Å²) < 4.78 is 8.35. The van der Waals surface area contributed by atoms with Gasteiger partial charge in [-0.15, -0.1) is 0 Å². The predicted molar refractivity (Wildman–Crippen MR) is 124 cm³/mol. The van der Waals surface area contributed by atoms with Crippen LogP contribution in [0.3, 0.4) is 0 Å². The summed E-state index contributed by atoms with van der Waals surface area (Å²) in [5, 5.41) is 2.80. The van der Waals surface area contributed by atoms with Gasteiger partial charge in [0, 0.05) is 23.0 Å². The molecule has 0 unspecified atom stereocenters. The smallest absolute Gasteiger partial charge is 0.247 e. The maximum Gasteiger partial charge on any atom is 0.247 e. The van der Waals surface area contributed by atoms with Crippen molar-refractivity contribution in [3.05, 3.63) is 99.5 Å². The van der Waals surface area contributed by atoms with Crippen LogP contribution >= 0.6 is 0 Å². The number of pyridine rings is 1. The molecule has 31 heavy (non-hydrogen) atoms. The molecule has 0 bridgehead atoms. The Morgan fingerprint density at radius 1 is 1.13 bits per heavy atom. The van der Waals surface area contributed by atoms with Gasteiger partial charge in [-0.3, -0.25) is 9.59 Å². The molecule has 0 fully saturated rings. The highest BCUT2D eigenvalue weighted by atomic mass is 16.5. The van der Waals surface area contributed by atoms with Gasteiger partial charge in [0.15, 0.2) is 11.2 Å². The van der Waals surface area contributed by atoms with Gasteiger partial charge < -0.3 is 14.6 Å². The predicted octanol–water partition coefficient (Wildman–Crippen LogP) is 5.25. The van der Waals surface area contributed by atoms with Crippen molar-refractivity contribution in [1.29, 1.82) is 0 Å². The summed E-state index contributed by atoms with van der Waals surface area (Å²) in [6, 6.07) is 11.5. The van der Waals surface area contributed by atoms with E-state index in [1.807, 2.05) is 74.0 Å². The summed E-state index contributed by atoms with van der Waals surface area (Å²) in [5.41, 5.74) is 5.70. The summed E-state index contributed by atoms with van der Waals surface area (Å²) in [5.74, 6) is 1.12. The third-order valence-electron chi connectivity index (χ3n) is 5.41. The Labute approximate surface area is 181 Å². The lowest BCUT2D eigenvalue weighted by molar-refractivity contribution is -0.111. The first-order valence-corrected chi connectivity index (χ1v) is 10.1. The lowest BCUT2D eigenvalue weighted by Gasteiger charge is -2.20. The number of carbonyl (C=O) groups is 1. The van der Waals surface area contributed by atoms with E-state index in [1.165, 1.54) is 6.08 Å². The number of rotatable bonds is 5. The van der Waals surface area contributed by atoms with Gasteiger partial charge in [-0.25, -0.2) is 0 Å². The topological polar surface area (TPSA) is 60.3 Å². The number of fused-ring (bicyclic) bond motifs is 1. The highest BCUT2D eigenvalue weighted by Crippen LogP contribution is 2.35. The van der Waals surface area contributed by atoms with Gasteiger partial charge in [0.2, 0.25) is 5.91 Å². The fourth-order valence-corrected chi connectivity index (χ4v) is 3.82. The van der Waals surface area contributed by atoms with Crippen LogP contribution in [0, 0.1) is 20.8 Å². The zero-order valence-electron chi connectivity index (χ0n) is 17.9. The van der Waals surface area contributed by atoms with Gasteiger partial charge in [-0.1, -0.05) is 30.9 Å². The summed E-state index contributed by atoms with van der Waals surface area (Å²) in [4.78, 5) is 24.5. The van der Waals surface area contributed by atoms with Crippen LogP contribution in [0.15, 0.2) is 66.1 Å². The third kappa shape index (κ3) is 3.82. The fraction of sp³-hybridized carbons (Fsp3) is 0.154. The minimum atomic E-state index is -0.296. The van der Waals surface area contributed by atoms with E-state index in [4.69, 9.17) is 4.74 Å². The van der Waals surface area contributed by atoms with E-state index in [9.17, 15) is 9.59 Å². The first-order valence-electron chi connectivity index (χ1n) is 10.1. The SMILES string of the molecule is C=CC(=O)Nc1ccc(Oc2c(C)cccc2C)c(-n2cc(C)c(=O)c3c2C=CC3)c1. The maximum absolute atomic E-state index is 12.6. The molecular weight excluding hydrogens is 388 g/mol. The number of nitrogens with one attached hydrogen (secondary N) is 1. The highest BCUT2D eigenvalue weighted by molar-refractivity contribution is 5.99. The van der Waals surface area contributed by atoms with Crippen LogP contribution in [0.5, 0.6) is 11.5 Å². The molecule has 0 spiro atoms. The zero-order valence-corrected chi connectivity index (χ0v) is 17.9. The second kappa shape index (κ2) is 8.11. The average molecular weight is 412 g/mol. The second-order valence-electron chi connectivity index (χ2n) is 7.68. The number of amides is 1. The average Bonchev–Trinajstić information content (AvgIpc) is 3.24. The van der Waals surface area contributed by atoms with Gasteiger partial charge in [-0.05, 0) is 68.7 Å². The molecule has 2 aromatic carbocycles. The molecule has 1 aliphatic carbocycles. The Kier molecular flexibility index (Phi) is 5.34. The number of ether oxygens (including phenoxy) is 1. The Balaban J connectivity index is 1.92. The van der Waals surface area contributed by atoms with Crippen molar-refractivity contribution in [3.63, 3.8) is 0 Å². The summed E-state index contributed by atoms with van der Waals surface area (Å²) in [6.07, 6.45) is 7.59. The maximum atomic E-state index is 12.6.